The van der Waals surface area contributed by atoms with Crippen LogP contribution in [-0.4, -0.2) is 56.1 Å². The molecule has 0 bridgehead atoms. The second-order valence-corrected chi connectivity index (χ2v) is 12.5. The summed E-state index contributed by atoms with van der Waals surface area (Å²) < 4.78 is 33.8. The van der Waals surface area contributed by atoms with Crippen molar-refractivity contribution in [3.05, 3.63) is 77.1 Å². The number of alkyl halides is 1. The van der Waals surface area contributed by atoms with Gasteiger partial charge >= 0.3 is 0 Å². The van der Waals surface area contributed by atoms with Crippen LogP contribution in [0.3, 0.4) is 0 Å². The minimum atomic E-state index is -1.20. The van der Waals surface area contributed by atoms with E-state index in [1.807, 2.05) is 18.2 Å². The molecule has 0 spiro atoms. The maximum Gasteiger partial charge on any atom is 0.254 e. The van der Waals surface area contributed by atoms with E-state index in [2.05, 4.69) is 34.1 Å². The SMILES string of the molecule is Cn1c(-c2cc3ccc(-c4ccc5c(c4)C(=O)NC5)cc3n2CC2CC2)nc2cc(C(=O)N3C[C@H](N)C[C@@H](F)C3)cc(F)c21. The molecule has 8 nitrogen and oxygen atoms in total. The number of piperidine rings is 1. The first-order valence-electron chi connectivity index (χ1n) is 15.1. The van der Waals surface area contributed by atoms with Gasteiger partial charge in [0.2, 0.25) is 0 Å². The monoisotopic (exact) mass is 594 g/mol. The van der Waals surface area contributed by atoms with Crippen LogP contribution in [-0.2, 0) is 20.1 Å². The van der Waals surface area contributed by atoms with Crippen molar-refractivity contribution in [1.29, 1.82) is 0 Å². The van der Waals surface area contributed by atoms with Gasteiger partial charge in [0, 0.05) is 54.8 Å². The molecule has 8 rings (SSSR count). The van der Waals surface area contributed by atoms with Crippen molar-refractivity contribution in [3.63, 3.8) is 0 Å². The number of carbonyl (C=O) groups excluding carboxylic acids is 2. The number of hydrogen-bond donors (Lipinski definition) is 2. The van der Waals surface area contributed by atoms with Gasteiger partial charge in [-0.05, 0) is 72.2 Å². The first-order valence-corrected chi connectivity index (χ1v) is 15.1. The lowest BCUT2D eigenvalue weighted by Crippen LogP contribution is -2.50. The number of imidazole rings is 1. The zero-order valence-corrected chi connectivity index (χ0v) is 24.3. The smallest absolute Gasteiger partial charge is 0.254 e. The summed E-state index contributed by atoms with van der Waals surface area (Å²) in [7, 11) is 1.78. The summed E-state index contributed by atoms with van der Waals surface area (Å²) in [6.07, 6.45) is 1.32. The van der Waals surface area contributed by atoms with Gasteiger partial charge in [0.15, 0.2) is 5.82 Å². The fourth-order valence-corrected chi connectivity index (χ4v) is 6.84. The van der Waals surface area contributed by atoms with E-state index >= 15 is 4.39 Å². The van der Waals surface area contributed by atoms with E-state index in [4.69, 9.17) is 10.7 Å². The van der Waals surface area contributed by atoms with E-state index in [-0.39, 0.29) is 31.0 Å². The molecular weight excluding hydrogens is 562 g/mol. The number of fused-ring (bicyclic) bond motifs is 3. The fraction of sp³-hybridized carbons (Fsp3) is 0.324. The highest BCUT2D eigenvalue weighted by atomic mass is 19.1. The number of nitrogens with one attached hydrogen (secondary N) is 1. The van der Waals surface area contributed by atoms with E-state index in [0.717, 1.165) is 52.7 Å². The van der Waals surface area contributed by atoms with Crippen molar-refractivity contribution in [2.75, 3.05) is 13.1 Å². The molecule has 1 saturated heterocycles. The molecule has 44 heavy (non-hydrogen) atoms. The number of amides is 2. The summed E-state index contributed by atoms with van der Waals surface area (Å²) >= 11 is 0. The molecule has 10 heteroatoms. The quantitative estimate of drug-likeness (QED) is 0.294. The predicted octanol–water partition coefficient (Wildman–Crippen LogP) is 5.17. The zero-order chi connectivity index (χ0) is 30.3. The molecule has 5 aromatic rings. The molecule has 1 saturated carbocycles. The van der Waals surface area contributed by atoms with Crippen LogP contribution in [0.4, 0.5) is 8.78 Å². The third kappa shape index (κ3) is 4.47. The van der Waals surface area contributed by atoms with E-state index in [0.29, 0.717) is 34.9 Å². The predicted molar refractivity (Wildman–Crippen MR) is 164 cm³/mol. The van der Waals surface area contributed by atoms with Crippen molar-refractivity contribution in [1.82, 2.24) is 24.3 Å². The lowest BCUT2D eigenvalue weighted by Gasteiger charge is -2.33. The Morgan fingerprint density at radius 1 is 1.07 bits per heavy atom. The maximum atomic E-state index is 15.6. The highest BCUT2D eigenvalue weighted by Crippen LogP contribution is 2.38. The highest BCUT2D eigenvalue weighted by molar-refractivity contribution is 6.00. The number of carbonyl (C=O) groups is 2. The van der Waals surface area contributed by atoms with Gasteiger partial charge in [-0.2, -0.15) is 0 Å². The Kier molecular flexibility index (Phi) is 6.13. The molecule has 0 unspecified atom stereocenters. The topological polar surface area (TPSA) is 98.2 Å². The molecule has 0 radical (unpaired) electrons. The van der Waals surface area contributed by atoms with Crippen molar-refractivity contribution in [2.24, 2.45) is 18.7 Å². The Hall–Kier alpha value is -4.57. The lowest BCUT2D eigenvalue weighted by molar-refractivity contribution is 0.0606. The molecule has 2 atom stereocenters. The summed E-state index contributed by atoms with van der Waals surface area (Å²) in [5.41, 5.74) is 12.4. The molecule has 2 fully saturated rings. The number of halogens is 2. The minimum Gasteiger partial charge on any atom is -0.348 e. The van der Waals surface area contributed by atoms with Crippen molar-refractivity contribution < 1.29 is 18.4 Å². The molecule has 2 amide bonds. The molecule has 1 aliphatic carbocycles. The highest BCUT2D eigenvalue weighted by Gasteiger charge is 2.30. The molecule has 3 aliphatic rings. The third-order valence-corrected chi connectivity index (χ3v) is 9.29. The summed E-state index contributed by atoms with van der Waals surface area (Å²) in [4.78, 5) is 31.8. The van der Waals surface area contributed by atoms with Gasteiger partial charge in [-0.15, -0.1) is 0 Å². The lowest BCUT2D eigenvalue weighted by atomic mass is 9.99. The number of nitrogens with zero attached hydrogens (tertiary/aromatic N) is 4. The molecule has 224 valence electrons. The van der Waals surface area contributed by atoms with Crippen LogP contribution < -0.4 is 11.1 Å². The van der Waals surface area contributed by atoms with Gasteiger partial charge in [0.05, 0.1) is 17.8 Å². The van der Waals surface area contributed by atoms with Gasteiger partial charge < -0.3 is 25.1 Å². The number of rotatable bonds is 5. The molecule has 2 aromatic heterocycles. The fourth-order valence-electron chi connectivity index (χ4n) is 6.84. The van der Waals surface area contributed by atoms with Crippen molar-refractivity contribution >= 4 is 33.8 Å². The average molecular weight is 595 g/mol. The van der Waals surface area contributed by atoms with Gasteiger partial charge in [0.1, 0.15) is 17.5 Å². The van der Waals surface area contributed by atoms with Crippen molar-refractivity contribution in [3.8, 4) is 22.6 Å². The first kappa shape index (κ1) is 27.0. The summed E-state index contributed by atoms with van der Waals surface area (Å²) in [5.74, 6) is 0.100. The number of hydrogen-bond acceptors (Lipinski definition) is 4. The Morgan fingerprint density at radius 2 is 1.86 bits per heavy atom. The zero-order valence-electron chi connectivity index (χ0n) is 24.3. The van der Waals surface area contributed by atoms with Crippen LogP contribution in [0.1, 0.15) is 45.5 Å². The number of aryl methyl sites for hydroxylation is 1. The normalized spacial score (nSPS) is 20.0. The standard InChI is InChI=1S/C34H32F2N6O2/c1-40-31-27(36)9-23(34(44)41-16-24(35)13-25(37)17-41)10-28(31)39-32(40)30-12-21-6-4-20(11-29(21)42(30)15-18-2-3-18)19-5-7-22-14-38-33(43)26(22)8-19/h4-12,18,24-25H,2-3,13-17,37H2,1H3,(H,38,43)/t24-,25-/m1/s1. The number of likely N-dealkylation sites (tertiary alicyclic amines) is 1. The van der Waals surface area contributed by atoms with Gasteiger partial charge in [-0.25, -0.2) is 13.8 Å². The Morgan fingerprint density at radius 3 is 2.66 bits per heavy atom. The Bertz CT molecular complexity index is 2000. The molecule has 4 heterocycles. The minimum absolute atomic E-state index is 0.0487. The number of nitrogens with two attached hydrogens (primary N) is 1. The number of aromatic nitrogens is 3. The van der Waals surface area contributed by atoms with Crippen LogP contribution >= 0.6 is 0 Å². The van der Waals surface area contributed by atoms with E-state index in [1.54, 1.807) is 17.7 Å². The van der Waals surface area contributed by atoms with Crippen LogP contribution in [0.5, 0.6) is 0 Å². The van der Waals surface area contributed by atoms with Crippen LogP contribution in [0.25, 0.3) is 44.6 Å². The third-order valence-electron chi connectivity index (χ3n) is 9.29. The van der Waals surface area contributed by atoms with E-state index in [1.165, 1.54) is 11.0 Å². The first-order chi connectivity index (χ1) is 21.2. The summed E-state index contributed by atoms with van der Waals surface area (Å²) in [5, 5.41) is 3.92. The summed E-state index contributed by atoms with van der Waals surface area (Å²) in [6, 6.07) is 16.7. The molecule has 3 N–H and O–H groups in total. The second kappa shape index (κ2) is 9.99. The largest absolute Gasteiger partial charge is 0.348 e. The van der Waals surface area contributed by atoms with Crippen LogP contribution in [0.15, 0.2) is 54.6 Å². The molecular formula is C34H32F2N6O2. The molecule has 2 aliphatic heterocycles. The maximum absolute atomic E-state index is 15.6. The van der Waals surface area contributed by atoms with Crippen LogP contribution in [0, 0.1) is 11.7 Å². The van der Waals surface area contributed by atoms with Crippen molar-refractivity contribution in [2.45, 2.75) is 44.6 Å². The average Bonchev–Trinajstić information content (AvgIpc) is 3.52. The van der Waals surface area contributed by atoms with Crippen LogP contribution in [0.2, 0.25) is 0 Å². The number of benzene rings is 3. The second-order valence-electron chi connectivity index (χ2n) is 12.5. The van der Waals surface area contributed by atoms with Gasteiger partial charge in [0.25, 0.3) is 11.8 Å². The molecule has 3 aromatic carbocycles. The van der Waals surface area contributed by atoms with Gasteiger partial charge in [-0.3, -0.25) is 9.59 Å². The Labute approximate surface area is 252 Å². The van der Waals surface area contributed by atoms with Gasteiger partial charge in [-0.1, -0.05) is 24.3 Å². The Balaban J connectivity index is 1.21. The van der Waals surface area contributed by atoms with E-state index in [9.17, 15) is 14.0 Å². The summed E-state index contributed by atoms with van der Waals surface area (Å²) in [6.45, 7) is 1.54. The van der Waals surface area contributed by atoms with E-state index < -0.39 is 23.9 Å².